The molecular weight excluding hydrogens is 877 g/mol. The molecule has 6 aromatic heterocycles. The summed E-state index contributed by atoms with van der Waals surface area (Å²) in [7, 11) is 0. The Bertz CT molecular complexity index is 3820. The van der Waals surface area contributed by atoms with E-state index in [-0.39, 0.29) is 33.9 Å². The van der Waals surface area contributed by atoms with Crippen molar-refractivity contribution in [2.24, 2.45) is 5.16 Å². The lowest BCUT2D eigenvalue weighted by Gasteiger charge is -2.21. The molecule has 0 fully saturated rings. The Kier molecular flexibility index (Phi) is 11.9. The zero-order valence-electron chi connectivity index (χ0n) is 36.8. The monoisotopic (exact) mass is 916 g/mol. The Morgan fingerprint density at radius 3 is 1.61 bits per heavy atom. The van der Waals surface area contributed by atoms with E-state index in [9.17, 15) is 24.4 Å². The van der Waals surface area contributed by atoms with E-state index in [1.807, 2.05) is 48.5 Å². The van der Waals surface area contributed by atoms with Crippen LogP contribution < -0.4 is 33.2 Å². The number of aromatic nitrogens is 8. The van der Waals surface area contributed by atoms with Gasteiger partial charge in [-0.2, -0.15) is 5.26 Å². The smallest absolute Gasteiger partial charge is 0.264 e. The molecule has 69 heavy (non-hydrogen) atoms. The van der Waals surface area contributed by atoms with E-state index in [0.29, 0.717) is 66.7 Å². The summed E-state index contributed by atoms with van der Waals surface area (Å²) in [5.41, 5.74) is 15.5. The van der Waals surface area contributed by atoms with Gasteiger partial charge in [0, 0.05) is 53.1 Å². The molecule has 4 aromatic carbocycles. The number of fused-ring (bicyclic) bond motifs is 4. The summed E-state index contributed by atoms with van der Waals surface area (Å²) in [4.78, 5) is 62.3. The molecule has 10 aromatic rings. The summed E-state index contributed by atoms with van der Waals surface area (Å²) in [6, 6.07) is 36.5. The van der Waals surface area contributed by atoms with E-state index in [2.05, 4.69) is 42.0 Å². The lowest BCUT2D eigenvalue weighted by molar-refractivity contribution is 0.0932. The molecule has 0 aliphatic rings. The molecule has 0 bridgehead atoms. The lowest BCUT2D eigenvalue weighted by atomic mass is 10.0. The Hall–Kier alpha value is -9.96. The number of hydrogen-bond acceptors (Lipinski definition) is 13. The predicted molar refractivity (Wildman–Crippen MR) is 260 cm³/mol. The number of para-hydroxylation sites is 2. The van der Waals surface area contributed by atoms with Gasteiger partial charge in [-0.05, 0) is 79.2 Å². The van der Waals surface area contributed by atoms with Gasteiger partial charge in [0.05, 0.1) is 40.7 Å². The zero-order valence-corrected chi connectivity index (χ0v) is 36.8. The number of rotatable bonds is 9. The highest BCUT2D eigenvalue weighted by Gasteiger charge is 2.26. The van der Waals surface area contributed by atoms with Crippen molar-refractivity contribution in [2.75, 3.05) is 11.5 Å². The van der Waals surface area contributed by atoms with Gasteiger partial charge in [0.15, 0.2) is 22.9 Å². The van der Waals surface area contributed by atoms with Crippen LogP contribution in [0.1, 0.15) is 69.2 Å². The van der Waals surface area contributed by atoms with Crippen LogP contribution in [-0.4, -0.2) is 61.6 Å². The number of nitrogens with zero attached hydrogens (tertiary/aromatic N) is 10. The van der Waals surface area contributed by atoms with E-state index >= 15 is 0 Å². The summed E-state index contributed by atoms with van der Waals surface area (Å²) < 4.78 is 5.94. The molecule has 2 atom stereocenters. The van der Waals surface area contributed by atoms with Crippen LogP contribution >= 0.6 is 0 Å². The topological polar surface area (TPSA) is 271 Å². The van der Waals surface area contributed by atoms with Crippen molar-refractivity contribution in [1.29, 1.82) is 5.26 Å². The largest absolute Gasteiger partial charge is 0.411 e. The second-order valence-electron chi connectivity index (χ2n) is 15.7. The fraction of sp³-hybridized carbons (Fsp3) is 0.0800. The Morgan fingerprint density at radius 2 is 1.13 bits per heavy atom. The molecule has 0 saturated heterocycles. The van der Waals surface area contributed by atoms with Crippen LogP contribution in [-0.2, 0) is 0 Å². The van der Waals surface area contributed by atoms with Gasteiger partial charge in [0.25, 0.3) is 22.9 Å². The third kappa shape index (κ3) is 8.21. The number of carbonyl (C=O) groups is 2. The standard InChI is InChI=1S/C25H21N7O3.C25H19N7O2/c1-15(29-24(33)21-22(26)30-31-12-6-11-27-23(21)31)19-13-16-7-5-8-17(14-28-35)20(16)25(34)32(19)18-9-3-2-4-10-18;1-15(29-24(33)21-22(27)30-31-12-6-11-28-23(21)31)19-13-16-7-5-8-17(14-26)20(16)25(34)32(19)18-9-3-2-4-10-18/h2-15,35H,1H3,(H2,26,30)(H,29,33);2-13,15H,1H3,(H2,27,30)(H,29,33)/b28-14-;/t2*15-/m00/s1. The molecule has 0 saturated carbocycles. The van der Waals surface area contributed by atoms with Gasteiger partial charge in [0.1, 0.15) is 11.1 Å². The Labute approximate surface area is 390 Å². The average Bonchev–Trinajstić information content (AvgIpc) is 3.89. The minimum Gasteiger partial charge on any atom is -0.411 e. The first-order valence-electron chi connectivity index (χ1n) is 21.3. The molecule has 19 heteroatoms. The van der Waals surface area contributed by atoms with Gasteiger partial charge in [0.2, 0.25) is 0 Å². The van der Waals surface area contributed by atoms with Crippen molar-refractivity contribution in [3.63, 3.8) is 0 Å². The predicted octanol–water partition coefficient (Wildman–Crippen LogP) is 5.89. The number of nitrogen functional groups attached to an aromatic ring is 2. The van der Waals surface area contributed by atoms with Crippen LogP contribution in [0.2, 0.25) is 0 Å². The first-order valence-corrected chi connectivity index (χ1v) is 21.3. The highest BCUT2D eigenvalue weighted by molar-refractivity contribution is 6.05. The van der Waals surface area contributed by atoms with Crippen LogP contribution in [0.4, 0.5) is 11.6 Å². The lowest BCUT2D eigenvalue weighted by Crippen LogP contribution is -2.32. The highest BCUT2D eigenvalue weighted by Crippen LogP contribution is 2.27. The van der Waals surface area contributed by atoms with Gasteiger partial charge >= 0.3 is 0 Å². The number of anilines is 2. The third-order valence-electron chi connectivity index (χ3n) is 11.4. The maximum Gasteiger partial charge on any atom is 0.264 e. The number of benzene rings is 4. The maximum atomic E-state index is 13.8. The van der Waals surface area contributed by atoms with Gasteiger partial charge in [-0.15, -0.1) is 10.2 Å². The first-order chi connectivity index (χ1) is 33.5. The maximum absolute atomic E-state index is 13.8. The second-order valence-corrected chi connectivity index (χ2v) is 15.7. The molecule has 6 heterocycles. The molecule has 340 valence electrons. The van der Waals surface area contributed by atoms with Crippen molar-refractivity contribution in [1.82, 2.24) is 49.0 Å². The first kappa shape index (κ1) is 44.3. The quantitative estimate of drug-likeness (QED) is 0.0644. The van der Waals surface area contributed by atoms with E-state index in [4.69, 9.17) is 16.7 Å². The van der Waals surface area contributed by atoms with E-state index in [1.54, 1.807) is 116 Å². The van der Waals surface area contributed by atoms with Gasteiger partial charge in [-0.1, -0.05) is 71.9 Å². The van der Waals surface area contributed by atoms with Crippen LogP contribution in [0.5, 0.6) is 0 Å². The SMILES string of the molecule is C[C@H](NC(=O)c1c(N)nn2cccnc12)c1cc2cccc(/C=N\O)c2c(=O)n1-c1ccccc1.C[C@H](NC(=O)c1c(N)nn2cccnc12)c1cc2cccc(C#N)c2c(=O)n1-c1ccccc1. The van der Waals surface area contributed by atoms with Crippen molar-refractivity contribution in [2.45, 2.75) is 25.9 Å². The van der Waals surface area contributed by atoms with Crippen molar-refractivity contribution < 1.29 is 14.8 Å². The number of hydrogen-bond donors (Lipinski definition) is 5. The van der Waals surface area contributed by atoms with Gasteiger partial charge < -0.3 is 27.3 Å². The summed E-state index contributed by atoms with van der Waals surface area (Å²) in [6.45, 7) is 3.56. The number of nitrogens with one attached hydrogen (secondary N) is 2. The summed E-state index contributed by atoms with van der Waals surface area (Å²) in [6.07, 6.45) is 7.65. The summed E-state index contributed by atoms with van der Waals surface area (Å²) in [5, 5.41) is 37.9. The normalized spacial score (nSPS) is 12.1. The molecule has 10 rings (SSSR count). The van der Waals surface area contributed by atoms with Crippen LogP contribution in [0.25, 0.3) is 44.2 Å². The molecule has 0 aliphatic heterocycles. The van der Waals surface area contributed by atoms with Crippen molar-refractivity contribution in [3.05, 3.63) is 200 Å². The third-order valence-corrected chi connectivity index (χ3v) is 11.4. The van der Waals surface area contributed by atoms with Crippen LogP contribution in [0.3, 0.4) is 0 Å². The number of carbonyl (C=O) groups excluding carboxylic acids is 2. The molecule has 0 unspecified atom stereocenters. The van der Waals surface area contributed by atoms with Crippen LogP contribution in [0, 0.1) is 11.3 Å². The Balaban J connectivity index is 0.000000172. The molecule has 2 amide bonds. The minimum absolute atomic E-state index is 0.0558. The van der Waals surface area contributed by atoms with E-state index in [1.165, 1.54) is 19.8 Å². The highest BCUT2D eigenvalue weighted by atomic mass is 16.4. The fourth-order valence-electron chi connectivity index (χ4n) is 8.31. The van der Waals surface area contributed by atoms with E-state index < -0.39 is 23.9 Å². The number of oxime groups is 1. The number of nitrogens with two attached hydrogens (primary N) is 2. The summed E-state index contributed by atoms with van der Waals surface area (Å²) >= 11 is 0. The number of pyridine rings is 2. The van der Waals surface area contributed by atoms with Crippen molar-refractivity contribution in [3.8, 4) is 17.4 Å². The van der Waals surface area contributed by atoms with Gasteiger partial charge in [-0.25, -0.2) is 19.0 Å². The molecule has 19 nitrogen and oxygen atoms in total. The molecule has 0 aliphatic carbocycles. The van der Waals surface area contributed by atoms with Crippen LogP contribution in [0.15, 0.2) is 161 Å². The second kappa shape index (κ2) is 18.5. The van der Waals surface area contributed by atoms with Crippen molar-refractivity contribution >= 4 is 62.5 Å². The Morgan fingerprint density at radius 1 is 0.667 bits per heavy atom. The molecule has 0 radical (unpaired) electrons. The molecular formula is C50H40N14O5. The van der Waals surface area contributed by atoms with Gasteiger partial charge in [-0.3, -0.25) is 28.3 Å². The molecule has 7 N–H and O–H groups in total. The molecule has 0 spiro atoms. The summed E-state index contributed by atoms with van der Waals surface area (Å²) in [5.74, 6) is -0.810. The van der Waals surface area contributed by atoms with E-state index in [0.717, 1.165) is 0 Å². The average molecular weight is 917 g/mol. The number of nitriles is 1. The number of amides is 2. The fourth-order valence-corrected chi connectivity index (χ4v) is 8.31. The minimum atomic E-state index is -0.590. The zero-order chi connectivity index (χ0) is 48.3.